The molecule has 6 rings (SSSR count). The van der Waals surface area contributed by atoms with E-state index in [-0.39, 0.29) is 37.0 Å². The van der Waals surface area contributed by atoms with E-state index in [1.165, 1.54) is 19.1 Å². The number of aliphatic hydroxyl groups excluding tert-OH is 3. The molecule has 3 saturated carbocycles. The number of fused-ring (bicyclic) bond motifs is 5. The molecule has 4 fully saturated rings. The Balaban J connectivity index is 1.49. The largest absolute Gasteiger partial charge is 0.481 e. The first kappa shape index (κ1) is 50.3. The first-order chi connectivity index (χ1) is 30.8. The Bertz CT molecular complexity index is 2130. The third-order valence-corrected chi connectivity index (χ3v) is 14.4. The highest BCUT2D eigenvalue weighted by molar-refractivity contribution is 5.89. The second kappa shape index (κ2) is 18.9. The van der Waals surface area contributed by atoms with Gasteiger partial charge in [-0.1, -0.05) is 76.2 Å². The predicted octanol–water partition coefficient (Wildman–Crippen LogP) is 3.79. The number of aliphatic carboxylic acids is 1. The normalized spacial score (nSPS) is 34.2. The van der Waals surface area contributed by atoms with E-state index in [0.29, 0.717) is 0 Å². The average molecular weight is 926 g/mol. The molecule has 1 heterocycles. The van der Waals surface area contributed by atoms with Crippen molar-refractivity contribution in [3.05, 3.63) is 71.8 Å². The highest BCUT2D eigenvalue weighted by Crippen LogP contribution is 2.66. The van der Waals surface area contributed by atoms with Gasteiger partial charge in [0.1, 0.15) is 35.6 Å². The Morgan fingerprint density at radius 2 is 1.53 bits per heavy atom. The Morgan fingerprint density at radius 1 is 0.909 bits per heavy atom. The number of rotatable bonds is 13. The summed E-state index contributed by atoms with van der Waals surface area (Å²) in [5.74, 6) is -8.69. The average Bonchev–Trinajstić information content (AvgIpc) is 3.23. The molecule has 0 aromatic heterocycles. The molecule has 18 heteroatoms. The van der Waals surface area contributed by atoms with Gasteiger partial charge in [0.25, 0.3) is 0 Å². The van der Waals surface area contributed by atoms with Crippen LogP contribution in [0.15, 0.2) is 60.7 Å². The molecule has 1 unspecified atom stereocenters. The lowest BCUT2D eigenvalue weighted by atomic mass is 9.42. The van der Waals surface area contributed by atoms with Gasteiger partial charge in [0.05, 0.1) is 36.4 Å². The summed E-state index contributed by atoms with van der Waals surface area (Å²) in [5, 5.41) is 62.6. The maximum atomic E-state index is 14.9. The topological polar surface area (TPSA) is 271 Å². The van der Waals surface area contributed by atoms with Crippen LogP contribution in [0.3, 0.4) is 0 Å². The van der Waals surface area contributed by atoms with Crippen LogP contribution in [0.5, 0.6) is 0 Å². The van der Waals surface area contributed by atoms with Crippen LogP contribution in [0.25, 0.3) is 0 Å². The third kappa shape index (κ3) is 9.39. The van der Waals surface area contributed by atoms with Crippen LogP contribution in [0, 0.1) is 28.6 Å². The number of carbonyl (C=O) groups excluding carboxylic acids is 5. The number of nitrogens with one attached hydrogen (secondary N) is 1. The van der Waals surface area contributed by atoms with Crippen molar-refractivity contribution in [3.8, 4) is 0 Å². The van der Waals surface area contributed by atoms with Crippen molar-refractivity contribution < 1.29 is 82.7 Å². The number of aliphatic hydroxyl groups is 4. The van der Waals surface area contributed by atoms with Gasteiger partial charge in [-0.15, -0.1) is 0 Å². The molecular formula is C48H63NO17. The summed E-state index contributed by atoms with van der Waals surface area (Å²) in [6.07, 6.45) is -13.9. The van der Waals surface area contributed by atoms with Crippen molar-refractivity contribution in [1.29, 1.82) is 0 Å². The number of amides is 1. The molecule has 4 aliphatic rings. The molecule has 6 N–H and O–H groups in total. The Hall–Kier alpha value is -5.14. The van der Waals surface area contributed by atoms with Gasteiger partial charge < -0.3 is 59.3 Å². The number of alkyl carbamates (subject to hydrolysis) is 1. The van der Waals surface area contributed by atoms with Gasteiger partial charge in [-0.25, -0.2) is 14.4 Å². The van der Waals surface area contributed by atoms with Crippen molar-refractivity contribution in [3.63, 3.8) is 0 Å². The van der Waals surface area contributed by atoms with Crippen LogP contribution in [-0.4, -0.2) is 128 Å². The Labute approximate surface area is 383 Å². The Kier molecular flexibility index (Phi) is 14.4. The minimum atomic E-state index is -2.35. The van der Waals surface area contributed by atoms with Gasteiger partial charge in [-0.3, -0.25) is 14.4 Å². The Morgan fingerprint density at radius 3 is 2.09 bits per heavy atom. The quantitative estimate of drug-likeness (QED) is 0.123. The zero-order valence-electron chi connectivity index (χ0n) is 38.5. The molecule has 66 heavy (non-hydrogen) atoms. The van der Waals surface area contributed by atoms with Crippen molar-refractivity contribution >= 4 is 35.9 Å². The summed E-state index contributed by atoms with van der Waals surface area (Å²) in [6.45, 7) is 12.1. The van der Waals surface area contributed by atoms with Crippen LogP contribution in [-0.2, 0) is 47.6 Å². The van der Waals surface area contributed by atoms with E-state index >= 15 is 0 Å². The SMILES string of the molecule is CC(=O)O[C@@]12CO[C@@H]1C[C@H](O)[C@@]1(C)[C@H](O)[C@H](O)[C@H]3C(C)[C@@H](OC(=O)[C@H](OC(=O)CCCC(=O)O)[C@@H](NC(=O)OC(C)(C)C)c4ccccc4)C[C@@](O)([C@@H](OC(=O)c4ccccc4)[C@H]21)C3(C)C. The zero-order valence-corrected chi connectivity index (χ0v) is 38.5. The van der Waals surface area contributed by atoms with Gasteiger partial charge in [0.15, 0.2) is 5.60 Å². The van der Waals surface area contributed by atoms with Crippen LogP contribution >= 0.6 is 0 Å². The molecule has 3 aliphatic carbocycles. The van der Waals surface area contributed by atoms with Crippen molar-refractivity contribution in [2.24, 2.45) is 28.6 Å². The molecular weight excluding hydrogens is 863 g/mol. The smallest absolute Gasteiger partial charge is 0.408 e. The van der Waals surface area contributed by atoms with E-state index in [1.54, 1.807) is 90.1 Å². The van der Waals surface area contributed by atoms with E-state index < -0.39 is 143 Å². The molecule has 2 bridgehead atoms. The van der Waals surface area contributed by atoms with Crippen molar-refractivity contribution in [2.75, 3.05) is 6.61 Å². The van der Waals surface area contributed by atoms with E-state index in [1.807, 2.05) is 0 Å². The highest BCUT2D eigenvalue weighted by Gasteiger charge is 2.79. The molecule has 2 aromatic carbocycles. The van der Waals surface area contributed by atoms with Gasteiger partial charge in [-0.2, -0.15) is 0 Å². The molecule has 0 spiro atoms. The predicted molar refractivity (Wildman–Crippen MR) is 230 cm³/mol. The summed E-state index contributed by atoms with van der Waals surface area (Å²) >= 11 is 0. The second-order valence-electron chi connectivity index (χ2n) is 20.0. The monoisotopic (exact) mass is 925 g/mol. The lowest BCUT2D eigenvalue weighted by Gasteiger charge is -2.70. The fourth-order valence-corrected chi connectivity index (χ4v) is 11.1. The lowest BCUT2D eigenvalue weighted by molar-refractivity contribution is -0.379. The number of carbonyl (C=O) groups is 6. The maximum Gasteiger partial charge on any atom is 0.408 e. The number of esters is 4. The molecule has 1 amide bonds. The second-order valence-corrected chi connectivity index (χ2v) is 20.0. The standard InChI is InChI=1S/C48H63NO17/c1-25-29(62-42(58)37(63-33(54)21-15-20-32(52)53)35(27-16-11-9-12-17-27)49-43(59)66-44(3,4)5)23-48(60)40(64-41(57)28-18-13-10-14-19-28)38-46(8,39(56)36(55)34(25)45(48,6)7)30(51)22-31-47(38,24-61-31)65-26(2)50/h9-14,16-19,25,29-31,34-40,51,55-56,60H,15,20-24H2,1-8H3,(H,49,59)(H,52,53)/t25?,29-,30-,31+,34+,35-,36+,37+,38-,39+,40-,46+,47-,48+/m0/s1. The zero-order chi connectivity index (χ0) is 48.7. The molecule has 1 aliphatic heterocycles. The van der Waals surface area contributed by atoms with Crippen LogP contribution in [0.1, 0.15) is 109 Å². The number of carboxylic acid groups (broad SMARTS) is 1. The highest BCUT2D eigenvalue weighted by atomic mass is 16.6. The van der Waals surface area contributed by atoms with E-state index in [9.17, 15) is 54.3 Å². The number of hydrogen-bond acceptors (Lipinski definition) is 16. The number of carboxylic acids is 1. The fourth-order valence-electron chi connectivity index (χ4n) is 11.1. The first-order valence-electron chi connectivity index (χ1n) is 22.3. The molecule has 2 aromatic rings. The van der Waals surface area contributed by atoms with Gasteiger partial charge >= 0.3 is 35.9 Å². The molecule has 1 saturated heterocycles. The van der Waals surface area contributed by atoms with E-state index in [4.69, 9.17) is 28.4 Å². The van der Waals surface area contributed by atoms with Crippen molar-refractivity contribution in [2.45, 2.75) is 153 Å². The van der Waals surface area contributed by atoms with Gasteiger partial charge in [0, 0.05) is 49.4 Å². The maximum absolute atomic E-state index is 14.9. The summed E-state index contributed by atoms with van der Waals surface area (Å²) < 4.78 is 36.0. The lowest BCUT2D eigenvalue weighted by Crippen LogP contribution is -2.83. The summed E-state index contributed by atoms with van der Waals surface area (Å²) in [5.41, 5.74) is -8.11. The van der Waals surface area contributed by atoms with E-state index in [2.05, 4.69) is 5.32 Å². The van der Waals surface area contributed by atoms with Crippen molar-refractivity contribution in [1.82, 2.24) is 5.32 Å². The minimum Gasteiger partial charge on any atom is -0.481 e. The fraction of sp³-hybridized carbons (Fsp3) is 0.625. The molecule has 362 valence electrons. The minimum absolute atomic E-state index is 0.0729. The number of ether oxygens (including phenoxy) is 6. The summed E-state index contributed by atoms with van der Waals surface area (Å²) in [6, 6.07) is 14.4. The molecule has 14 atom stereocenters. The summed E-state index contributed by atoms with van der Waals surface area (Å²) in [7, 11) is 0. The molecule has 0 radical (unpaired) electrons. The van der Waals surface area contributed by atoms with Crippen LogP contribution in [0.4, 0.5) is 4.79 Å². The third-order valence-electron chi connectivity index (χ3n) is 14.4. The van der Waals surface area contributed by atoms with E-state index in [0.717, 1.165) is 6.92 Å². The number of hydrogen-bond donors (Lipinski definition) is 6. The first-order valence-corrected chi connectivity index (χ1v) is 22.3. The van der Waals surface area contributed by atoms with Crippen LogP contribution < -0.4 is 5.32 Å². The number of benzene rings is 2. The molecule has 18 nitrogen and oxygen atoms in total. The summed E-state index contributed by atoms with van der Waals surface area (Å²) in [4.78, 5) is 80.4. The van der Waals surface area contributed by atoms with Gasteiger partial charge in [0.2, 0.25) is 6.10 Å². The van der Waals surface area contributed by atoms with Crippen LogP contribution in [0.2, 0.25) is 0 Å². The van der Waals surface area contributed by atoms with Gasteiger partial charge in [-0.05, 0) is 50.8 Å².